The molecular weight excluding hydrogens is 360 g/mol. The lowest BCUT2D eigenvalue weighted by molar-refractivity contribution is -0.118. The van der Waals surface area contributed by atoms with Crippen molar-refractivity contribution in [1.82, 2.24) is 20.1 Å². The topological polar surface area (TPSA) is 109 Å². The molecule has 0 radical (unpaired) electrons. The van der Waals surface area contributed by atoms with E-state index in [-0.39, 0.29) is 23.5 Å². The highest BCUT2D eigenvalue weighted by atomic mass is 19.3. The molecule has 1 aliphatic heterocycles. The van der Waals surface area contributed by atoms with Crippen molar-refractivity contribution < 1.29 is 23.5 Å². The van der Waals surface area contributed by atoms with Gasteiger partial charge in [0.2, 0.25) is 5.91 Å². The summed E-state index contributed by atoms with van der Waals surface area (Å²) in [7, 11) is 0. The Balaban J connectivity index is 2.17. The molecule has 27 heavy (non-hydrogen) atoms. The van der Waals surface area contributed by atoms with Gasteiger partial charge in [-0.05, 0) is 24.1 Å². The van der Waals surface area contributed by atoms with E-state index < -0.39 is 30.5 Å². The summed E-state index contributed by atoms with van der Waals surface area (Å²) in [6, 6.07) is 2.49. The maximum Gasteiger partial charge on any atom is 0.405 e. The first-order valence-corrected chi connectivity index (χ1v) is 8.15. The second kappa shape index (κ2) is 7.52. The van der Waals surface area contributed by atoms with Crippen LogP contribution >= 0.6 is 0 Å². The number of halogens is 2. The van der Waals surface area contributed by atoms with Crippen LogP contribution in [-0.4, -0.2) is 31.9 Å². The molecule has 2 amide bonds. The number of aromatic nitrogens is 3. The Kier molecular flexibility index (Phi) is 5.15. The maximum absolute atomic E-state index is 13.4. The molecule has 0 fully saturated rings. The minimum absolute atomic E-state index is 0.0500. The van der Waals surface area contributed by atoms with Crippen molar-refractivity contribution in [2.45, 2.75) is 25.9 Å². The van der Waals surface area contributed by atoms with E-state index in [4.69, 9.17) is 5.11 Å². The number of nitrogens with zero attached hydrogens (tertiary/aromatic N) is 3. The zero-order valence-electron chi connectivity index (χ0n) is 14.3. The van der Waals surface area contributed by atoms with Crippen LogP contribution in [0.5, 0.6) is 0 Å². The van der Waals surface area contributed by atoms with Crippen molar-refractivity contribution in [2.75, 3.05) is 5.32 Å². The maximum atomic E-state index is 13.4. The molecule has 142 valence electrons. The number of rotatable bonds is 2. The first kappa shape index (κ1) is 18.5. The van der Waals surface area contributed by atoms with E-state index in [1.165, 1.54) is 12.3 Å². The third-order valence-electron chi connectivity index (χ3n) is 4.17. The van der Waals surface area contributed by atoms with Crippen LogP contribution in [0.1, 0.15) is 31.5 Å². The minimum Gasteiger partial charge on any atom is -0.465 e. The standard InChI is InChI=1S/C17H17F2N5O3/c1-9-3-2-4-11(23-17(26)27)10-5-6-20-12(7-10)14-13(22-15(9)25)8-21-24(14)16(18)19/h2-3,5-9,11,16,23H,4H2,1H3,(H,22,25)(H,26,27)/t9-,11+/m1/s1. The van der Waals surface area contributed by atoms with Gasteiger partial charge in [0.25, 0.3) is 0 Å². The van der Waals surface area contributed by atoms with Crippen LogP contribution in [0.2, 0.25) is 0 Å². The Morgan fingerprint density at radius 2 is 2.26 bits per heavy atom. The van der Waals surface area contributed by atoms with Crippen molar-refractivity contribution in [3.05, 3.63) is 42.2 Å². The van der Waals surface area contributed by atoms with Crippen LogP contribution in [0.3, 0.4) is 0 Å². The molecule has 2 bridgehead atoms. The van der Waals surface area contributed by atoms with E-state index in [1.807, 2.05) is 0 Å². The van der Waals surface area contributed by atoms with Gasteiger partial charge in [0, 0.05) is 6.20 Å². The summed E-state index contributed by atoms with van der Waals surface area (Å²) in [5, 5.41) is 17.7. The number of amides is 2. The van der Waals surface area contributed by atoms with Crippen molar-refractivity contribution >= 4 is 17.7 Å². The predicted molar refractivity (Wildman–Crippen MR) is 92.2 cm³/mol. The third kappa shape index (κ3) is 3.94. The summed E-state index contributed by atoms with van der Waals surface area (Å²) in [6.45, 7) is -1.29. The second-order valence-electron chi connectivity index (χ2n) is 6.05. The van der Waals surface area contributed by atoms with Gasteiger partial charge in [-0.3, -0.25) is 9.78 Å². The molecular formula is C17H17F2N5O3. The Hall–Kier alpha value is -3.30. The van der Waals surface area contributed by atoms with Gasteiger partial charge in [0.1, 0.15) is 5.69 Å². The molecule has 8 nitrogen and oxygen atoms in total. The highest BCUT2D eigenvalue weighted by Crippen LogP contribution is 2.32. The van der Waals surface area contributed by atoms with E-state index in [0.29, 0.717) is 10.2 Å². The zero-order chi connectivity index (χ0) is 19.6. The lowest BCUT2D eigenvalue weighted by atomic mass is 10.0. The number of hydrogen-bond donors (Lipinski definition) is 3. The fourth-order valence-electron chi connectivity index (χ4n) is 2.83. The van der Waals surface area contributed by atoms with E-state index in [0.717, 1.165) is 6.20 Å². The fraction of sp³-hybridized carbons (Fsp3) is 0.294. The lowest BCUT2D eigenvalue weighted by Gasteiger charge is -2.18. The number of alkyl halides is 2. The van der Waals surface area contributed by atoms with Gasteiger partial charge >= 0.3 is 12.6 Å². The van der Waals surface area contributed by atoms with E-state index in [1.54, 1.807) is 25.1 Å². The SMILES string of the molecule is C[C@@H]1C=CC[C@H](NC(=O)O)c2ccnc(c2)-c2c(cnn2C(F)F)NC1=O. The first-order chi connectivity index (χ1) is 12.9. The highest BCUT2D eigenvalue weighted by molar-refractivity contribution is 5.96. The summed E-state index contributed by atoms with van der Waals surface area (Å²) in [5.74, 6) is -0.954. The molecule has 0 saturated carbocycles. The number of carboxylic acid groups (broad SMARTS) is 1. The summed E-state index contributed by atoms with van der Waals surface area (Å²) < 4.78 is 27.2. The molecule has 2 aromatic heterocycles. The molecule has 0 unspecified atom stereocenters. The highest BCUT2D eigenvalue weighted by Gasteiger charge is 2.24. The molecule has 3 N–H and O–H groups in total. The van der Waals surface area contributed by atoms with Gasteiger partial charge in [0.15, 0.2) is 0 Å². The van der Waals surface area contributed by atoms with Crippen molar-refractivity contribution in [3.8, 4) is 11.4 Å². The van der Waals surface area contributed by atoms with E-state index >= 15 is 0 Å². The van der Waals surface area contributed by atoms with Crippen molar-refractivity contribution in [2.24, 2.45) is 5.92 Å². The number of carbonyl (C=O) groups excluding carboxylic acids is 1. The molecule has 0 spiro atoms. The number of anilines is 1. The number of fused-ring (bicyclic) bond motifs is 4. The zero-order valence-corrected chi connectivity index (χ0v) is 14.3. The van der Waals surface area contributed by atoms with Crippen LogP contribution in [-0.2, 0) is 4.79 Å². The van der Waals surface area contributed by atoms with E-state index in [2.05, 4.69) is 20.7 Å². The minimum atomic E-state index is -2.94. The fourth-order valence-corrected chi connectivity index (χ4v) is 2.83. The number of carbonyl (C=O) groups is 2. The monoisotopic (exact) mass is 377 g/mol. The van der Waals surface area contributed by atoms with Crippen molar-refractivity contribution in [3.63, 3.8) is 0 Å². The van der Waals surface area contributed by atoms with Crippen LogP contribution < -0.4 is 10.6 Å². The Bertz CT molecular complexity index is 896. The predicted octanol–water partition coefficient (Wildman–Crippen LogP) is 3.18. The molecule has 2 aromatic rings. The van der Waals surface area contributed by atoms with Crippen LogP contribution in [0.25, 0.3) is 11.4 Å². The molecule has 10 heteroatoms. The average Bonchev–Trinajstić information content (AvgIpc) is 3.03. The Morgan fingerprint density at radius 1 is 1.48 bits per heavy atom. The van der Waals surface area contributed by atoms with Crippen molar-refractivity contribution in [1.29, 1.82) is 0 Å². The molecule has 0 saturated heterocycles. The van der Waals surface area contributed by atoms with Gasteiger partial charge in [-0.2, -0.15) is 18.6 Å². The summed E-state index contributed by atoms with van der Waals surface area (Å²) in [5.41, 5.74) is 0.758. The molecule has 3 rings (SSSR count). The van der Waals surface area contributed by atoms with Crippen LogP contribution in [0, 0.1) is 5.92 Å². The Morgan fingerprint density at radius 3 is 2.96 bits per heavy atom. The smallest absolute Gasteiger partial charge is 0.405 e. The van der Waals surface area contributed by atoms with Gasteiger partial charge < -0.3 is 15.7 Å². The lowest BCUT2D eigenvalue weighted by Crippen LogP contribution is -2.27. The molecule has 0 aliphatic carbocycles. The van der Waals surface area contributed by atoms with Gasteiger partial charge in [-0.1, -0.05) is 19.1 Å². The first-order valence-electron chi connectivity index (χ1n) is 8.15. The second-order valence-corrected chi connectivity index (χ2v) is 6.05. The summed E-state index contributed by atoms with van der Waals surface area (Å²) in [4.78, 5) is 27.6. The van der Waals surface area contributed by atoms with Gasteiger partial charge in [-0.15, -0.1) is 0 Å². The Labute approximate surface area is 152 Å². The van der Waals surface area contributed by atoms with Crippen LogP contribution in [0.4, 0.5) is 19.3 Å². The average molecular weight is 377 g/mol. The van der Waals surface area contributed by atoms with E-state index in [9.17, 15) is 18.4 Å². The van der Waals surface area contributed by atoms with Gasteiger partial charge in [-0.25, -0.2) is 4.79 Å². The molecule has 0 aromatic carbocycles. The quantitative estimate of drug-likeness (QED) is 0.697. The molecule has 3 heterocycles. The molecule has 2 atom stereocenters. The normalized spacial score (nSPS) is 19.6. The third-order valence-corrected chi connectivity index (χ3v) is 4.17. The number of pyridine rings is 1. The summed E-state index contributed by atoms with van der Waals surface area (Å²) >= 11 is 0. The van der Waals surface area contributed by atoms with Crippen LogP contribution in [0.15, 0.2) is 36.7 Å². The number of hydrogen-bond acceptors (Lipinski definition) is 4. The number of nitrogens with one attached hydrogen (secondary N) is 2. The summed E-state index contributed by atoms with van der Waals surface area (Å²) in [6.07, 6.45) is 4.94. The van der Waals surface area contributed by atoms with Gasteiger partial charge in [0.05, 0.1) is 29.5 Å². The largest absolute Gasteiger partial charge is 0.465 e. The molecule has 1 aliphatic rings.